The Kier molecular flexibility index (Phi) is 2.94. The van der Waals surface area contributed by atoms with E-state index in [0.717, 1.165) is 44.9 Å². The summed E-state index contributed by atoms with van der Waals surface area (Å²) in [5.41, 5.74) is 0.0257. The van der Waals surface area contributed by atoms with Crippen LogP contribution in [0.3, 0.4) is 0 Å². The van der Waals surface area contributed by atoms with Crippen LogP contribution in [0.25, 0.3) is 0 Å². The van der Waals surface area contributed by atoms with E-state index in [1.54, 1.807) is 10.9 Å². The number of hydrogen-bond donors (Lipinski definition) is 2. The molecule has 5 nitrogen and oxygen atoms in total. The minimum absolute atomic E-state index is 0.105. The standard InChI is InChI=1S/C17H22ClN3O2/c18-15-13(8-19-21(15)12-1-2-12)16(22)20-14-10-3-9-4-11(14)7-17(23,5-9)6-10/h8-12,14,23H,1-7H2,(H,20,22)/t9?,10-,11+,14?,17?. The van der Waals surface area contributed by atoms with Gasteiger partial charge in [-0.3, -0.25) is 9.48 Å². The molecule has 0 radical (unpaired) electrons. The number of amides is 1. The second kappa shape index (κ2) is 4.73. The fourth-order valence-corrected chi connectivity index (χ4v) is 5.84. The molecule has 3 unspecified atom stereocenters. The molecule has 1 amide bonds. The van der Waals surface area contributed by atoms with Crippen molar-refractivity contribution in [3.63, 3.8) is 0 Å². The molecule has 124 valence electrons. The molecule has 5 aliphatic rings. The molecule has 6 rings (SSSR count). The third-order valence-electron chi connectivity index (χ3n) is 6.41. The zero-order valence-corrected chi connectivity index (χ0v) is 13.8. The predicted octanol–water partition coefficient (Wildman–Crippen LogP) is 2.54. The summed E-state index contributed by atoms with van der Waals surface area (Å²) in [7, 11) is 0. The van der Waals surface area contributed by atoms with Gasteiger partial charge in [-0.25, -0.2) is 0 Å². The molecule has 2 N–H and O–H groups in total. The first-order valence-corrected chi connectivity index (χ1v) is 9.16. The molecular weight excluding hydrogens is 314 g/mol. The van der Waals surface area contributed by atoms with Crippen molar-refractivity contribution in [1.29, 1.82) is 0 Å². The fraction of sp³-hybridized carbons (Fsp3) is 0.765. The van der Waals surface area contributed by atoms with Crippen LogP contribution in [0.2, 0.25) is 5.15 Å². The lowest BCUT2D eigenvalue weighted by molar-refractivity contribution is -0.136. The molecule has 0 spiro atoms. The Hall–Kier alpha value is -1.07. The minimum atomic E-state index is -0.466. The van der Waals surface area contributed by atoms with E-state index in [1.165, 1.54) is 0 Å². The zero-order valence-electron chi connectivity index (χ0n) is 13.0. The van der Waals surface area contributed by atoms with E-state index in [4.69, 9.17) is 11.6 Å². The second-order valence-electron chi connectivity index (χ2n) is 8.22. The van der Waals surface area contributed by atoms with Gasteiger partial charge in [-0.1, -0.05) is 11.6 Å². The number of halogens is 1. The highest BCUT2D eigenvalue weighted by molar-refractivity contribution is 6.32. The van der Waals surface area contributed by atoms with E-state index in [-0.39, 0.29) is 11.9 Å². The number of rotatable bonds is 3. The van der Waals surface area contributed by atoms with Crippen LogP contribution in [0.1, 0.15) is 61.3 Å². The van der Waals surface area contributed by atoms with Crippen LogP contribution in [-0.2, 0) is 0 Å². The lowest BCUT2D eigenvalue weighted by Crippen LogP contribution is -2.61. The van der Waals surface area contributed by atoms with Crippen LogP contribution >= 0.6 is 11.6 Å². The fourth-order valence-electron chi connectivity index (χ4n) is 5.52. The largest absolute Gasteiger partial charge is 0.390 e. The molecule has 5 fully saturated rings. The third-order valence-corrected chi connectivity index (χ3v) is 6.79. The van der Waals surface area contributed by atoms with Gasteiger partial charge < -0.3 is 10.4 Å². The molecule has 6 heteroatoms. The Morgan fingerprint density at radius 2 is 2.00 bits per heavy atom. The van der Waals surface area contributed by atoms with Crippen LogP contribution in [0.15, 0.2) is 6.20 Å². The Morgan fingerprint density at radius 1 is 1.30 bits per heavy atom. The van der Waals surface area contributed by atoms with Gasteiger partial charge in [-0.05, 0) is 62.7 Å². The molecule has 5 atom stereocenters. The third kappa shape index (κ3) is 2.23. The summed E-state index contributed by atoms with van der Waals surface area (Å²) in [5.74, 6) is 1.36. The van der Waals surface area contributed by atoms with E-state index >= 15 is 0 Å². The molecule has 1 heterocycles. The van der Waals surface area contributed by atoms with Crippen molar-refractivity contribution >= 4 is 17.5 Å². The van der Waals surface area contributed by atoms with Gasteiger partial charge in [-0.15, -0.1) is 0 Å². The summed E-state index contributed by atoms with van der Waals surface area (Å²) in [5, 5.41) is 18.6. The number of nitrogens with one attached hydrogen (secondary N) is 1. The van der Waals surface area contributed by atoms with Gasteiger partial charge in [0.1, 0.15) is 5.15 Å². The number of nitrogens with zero attached hydrogens (tertiary/aromatic N) is 2. The van der Waals surface area contributed by atoms with E-state index in [9.17, 15) is 9.90 Å². The second-order valence-corrected chi connectivity index (χ2v) is 8.58. The smallest absolute Gasteiger partial charge is 0.256 e. The summed E-state index contributed by atoms with van der Waals surface area (Å²) < 4.78 is 1.77. The quantitative estimate of drug-likeness (QED) is 0.892. The molecule has 5 saturated carbocycles. The molecule has 1 aromatic heterocycles. The SMILES string of the molecule is O=C(NC1[C@@H]2CC3C[C@H]1CC(O)(C3)C2)c1cnn(C2CC2)c1Cl. The maximum absolute atomic E-state index is 12.7. The molecular formula is C17H22ClN3O2. The Morgan fingerprint density at radius 3 is 2.61 bits per heavy atom. The number of aliphatic hydroxyl groups is 1. The van der Waals surface area contributed by atoms with E-state index < -0.39 is 5.60 Å². The van der Waals surface area contributed by atoms with Gasteiger partial charge in [-0.2, -0.15) is 5.10 Å². The van der Waals surface area contributed by atoms with E-state index in [0.29, 0.717) is 34.5 Å². The number of aromatic nitrogens is 2. The Labute approximate surface area is 140 Å². The first kappa shape index (κ1) is 14.3. The van der Waals surface area contributed by atoms with Crippen LogP contribution in [0, 0.1) is 17.8 Å². The summed E-state index contributed by atoms with van der Waals surface area (Å²) in [6.07, 6.45) is 8.68. The van der Waals surface area contributed by atoms with Crippen molar-refractivity contribution in [3.05, 3.63) is 16.9 Å². The van der Waals surface area contributed by atoms with Crippen molar-refractivity contribution in [2.24, 2.45) is 17.8 Å². The average Bonchev–Trinajstić information content (AvgIpc) is 3.24. The van der Waals surface area contributed by atoms with Gasteiger partial charge in [0.05, 0.1) is 23.4 Å². The predicted molar refractivity (Wildman–Crippen MR) is 85.3 cm³/mol. The monoisotopic (exact) mass is 335 g/mol. The summed E-state index contributed by atoms with van der Waals surface area (Å²) >= 11 is 6.34. The van der Waals surface area contributed by atoms with Crippen molar-refractivity contribution in [1.82, 2.24) is 15.1 Å². The molecule has 0 aliphatic heterocycles. The van der Waals surface area contributed by atoms with Gasteiger partial charge in [0.25, 0.3) is 5.91 Å². The highest BCUT2D eigenvalue weighted by Crippen LogP contribution is 2.55. The normalized spacial score (nSPS) is 41.3. The minimum Gasteiger partial charge on any atom is -0.390 e. The van der Waals surface area contributed by atoms with Crippen molar-refractivity contribution in [2.75, 3.05) is 0 Å². The number of hydrogen-bond acceptors (Lipinski definition) is 3. The van der Waals surface area contributed by atoms with Gasteiger partial charge in [0, 0.05) is 6.04 Å². The maximum atomic E-state index is 12.7. The van der Waals surface area contributed by atoms with Crippen molar-refractivity contribution in [2.45, 2.75) is 62.6 Å². The zero-order chi connectivity index (χ0) is 15.8. The van der Waals surface area contributed by atoms with E-state index in [2.05, 4.69) is 10.4 Å². The molecule has 0 saturated heterocycles. The lowest BCUT2D eigenvalue weighted by Gasteiger charge is -2.58. The van der Waals surface area contributed by atoms with Crippen LogP contribution in [0.5, 0.6) is 0 Å². The Balaban J connectivity index is 1.35. The van der Waals surface area contributed by atoms with Crippen LogP contribution in [0.4, 0.5) is 0 Å². The number of carbonyl (C=O) groups excluding carboxylic acids is 1. The highest BCUT2D eigenvalue weighted by atomic mass is 35.5. The van der Waals surface area contributed by atoms with Crippen molar-refractivity contribution < 1.29 is 9.90 Å². The van der Waals surface area contributed by atoms with Crippen LogP contribution in [-0.4, -0.2) is 32.4 Å². The summed E-state index contributed by atoms with van der Waals surface area (Å²) in [4.78, 5) is 12.7. The van der Waals surface area contributed by atoms with Gasteiger partial charge in [0.15, 0.2) is 0 Å². The summed E-state index contributed by atoms with van der Waals surface area (Å²) in [6.45, 7) is 0. The van der Waals surface area contributed by atoms with Crippen LogP contribution < -0.4 is 5.32 Å². The van der Waals surface area contributed by atoms with Gasteiger partial charge in [0.2, 0.25) is 0 Å². The average molecular weight is 336 g/mol. The molecule has 4 bridgehead atoms. The lowest BCUT2D eigenvalue weighted by atomic mass is 9.52. The first-order valence-electron chi connectivity index (χ1n) is 8.79. The van der Waals surface area contributed by atoms with Gasteiger partial charge >= 0.3 is 0 Å². The highest BCUT2D eigenvalue weighted by Gasteiger charge is 2.55. The molecule has 0 aromatic carbocycles. The Bertz CT molecular complexity index is 653. The molecule has 1 aromatic rings. The summed E-state index contributed by atoms with van der Waals surface area (Å²) in [6, 6.07) is 0.555. The number of carbonyl (C=O) groups is 1. The van der Waals surface area contributed by atoms with Crippen molar-refractivity contribution in [3.8, 4) is 0 Å². The molecule has 23 heavy (non-hydrogen) atoms. The maximum Gasteiger partial charge on any atom is 0.256 e. The topological polar surface area (TPSA) is 67.2 Å². The first-order chi connectivity index (χ1) is 11.0. The molecule has 5 aliphatic carbocycles. The van der Waals surface area contributed by atoms with E-state index in [1.807, 2.05) is 0 Å².